The summed E-state index contributed by atoms with van der Waals surface area (Å²) in [7, 11) is -5.17. The van der Waals surface area contributed by atoms with Crippen LogP contribution in [0.25, 0.3) is 0 Å². The Bertz CT molecular complexity index is 101. The van der Waals surface area contributed by atoms with E-state index in [9.17, 15) is 0 Å². The maximum atomic E-state index is 8.52. The Kier molecular flexibility index (Phi) is 482. The molecular weight excluding hydrogens is 446 g/mol. The van der Waals surface area contributed by atoms with Gasteiger partial charge in [0.05, 0.1) is 0 Å². The quantitative estimate of drug-likeness (QED) is 0.194. The molecule has 0 saturated heterocycles. The van der Waals surface area contributed by atoms with Crippen LogP contribution in [0.3, 0.4) is 0 Å². The zero-order valence-corrected chi connectivity index (χ0v) is 10.8. The molecule has 4 radical (unpaired) electrons. The van der Waals surface area contributed by atoms with E-state index >= 15 is 0 Å². The van der Waals surface area contributed by atoms with Crippen LogP contribution in [0.1, 0.15) is 0 Å². The second-order valence-corrected chi connectivity index (χ2v) is 1.22. The molecule has 0 unspecified atom stereocenters. The van der Waals surface area contributed by atoms with E-state index in [1.54, 1.807) is 0 Å². The van der Waals surface area contributed by atoms with Crippen molar-refractivity contribution in [3.63, 3.8) is 0 Å². The molecule has 0 aliphatic carbocycles. The third kappa shape index (κ3) is 1010. The summed E-state index contributed by atoms with van der Waals surface area (Å²) in [6, 6.07) is 0. The van der Waals surface area contributed by atoms with Gasteiger partial charge in [-0.05, 0) is 0 Å². The molecule has 0 aromatic rings. The smallest absolute Gasteiger partial charge is 0.759 e. The van der Waals surface area contributed by atoms with Gasteiger partial charge in [-0.25, -0.2) is 0 Å². The van der Waals surface area contributed by atoms with Gasteiger partial charge in [-0.3, -0.25) is 8.42 Å². The van der Waals surface area contributed by atoms with Crippen LogP contribution in [0.5, 0.6) is 0 Å². The standard InChI is InChI=1S/4Cu.H2O4S.6H2O/c;;;;1-5(2,3)4;;;;;;/h;;;;(H2,1,2,3,4);6*1H2/q;;;+2;;;;;;;/p-2. The van der Waals surface area contributed by atoms with Crippen LogP contribution in [-0.2, 0) is 78.7 Å². The first kappa shape index (κ1) is 127. The van der Waals surface area contributed by atoms with Gasteiger partial charge in [0, 0.05) is 61.6 Å². The molecule has 0 amide bonds. The Morgan fingerprint density at radius 3 is 0.600 bits per heavy atom. The average molecular weight is 458 g/mol. The van der Waals surface area contributed by atoms with E-state index in [4.69, 9.17) is 17.5 Å². The minimum atomic E-state index is -5.17. The SMILES string of the molecule is O.O.O.O.O.O.O=S(=O)([O-])[O-].[Cu+2].[Cu].[Cu].[Cu]. The fourth-order valence-electron chi connectivity index (χ4n) is 0. The van der Waals surface area contributed by atoms with E-state index < -0.39 is 10.4 Å². The van der Waals surface area contributed by atoms with Crippen molar-refractivity contribution in [2.75, 3.05) is 0 Å². The summed E-state index contributed by atoms with van der Waals surface area (Å²) in [5.74, 6) is 0. The molecule has 12 N–H and O–H groups in total. The first-order valence-electron chi connectivity index (χ1n) is 0.667. The fourth-order valence-corrected chi connectivity index (χ4v) is 0. The summed E-state index contributed by atoms with van der Waals surface area (Å²) >= 11 is 0. The zero-order valence-electron chi connectivity index (χ0n) is 6.25. The van der Waals surface area contributed by atoms with E-state index in [-0.39, 0.29) is 101 Å². The molecule has 10 nitrogen and oxygen atoms in total. The van der Waals surface area contributed by atoms with Gasteiger partial charge in [-0.2, -0.15) is 0 Å². The third-order valence-electron chi connectivity index (χ3n) is 0. The predicted molar refractivity (Wildman–Crippen MR) is 32.2 cm³/mol. The second-order valence-electron chi connectivity index (χ2n) is 0.408. The van der Waals surface area contributed by atoms with Crippen molar-refractivity contribution >= 4 is 10.4 Å². The molecule has 15 heteroatoms. The normalized spacial score (nSPS) is 3.87. The van der Waals surface area contributed by atoms with Crippen LogP contribution < -0.4 is 0 Å². The summed E-state index contributed by atoms with van der Waals surface area (Å²) in [5, 5.41) is 0. The van der Waals surface area contributed by atoms with Crippen molar-refractivity contribution in [1.82, 2.24) is 0 Å². The molecule has 0 aliphatic rings. The van der Waals surface area contributed by atoms with E-state index in [2.05, 4.69) is 0 Å². The summed E-state index contributed by atoms with van der Waals surface area (Å²) in [6.07, 6.45) is 0. The first-order chi connectivity index (χ1) is 2.00. The molecule has 0 aliphatic heterocycles. The second kappa shape index (κ2) is 57.2. The molecule has 122 valence electrons. The summed E-state index contributed by atoms with van der Waals surface area (Å²) in [5.41, 5.74) is 0. The van der Waals surface area contributed by atoms with Crippen molar-refractivity contribution in [3.8, 4) is 0 Å². The van der Waals surface area contributed by atoms with Crippen molar-refractivity contribution in [2.45, 2.75) is 0 Å². The Hall–Kier alpha value is 1.71. The summed E-state index contributed by atoms with van der Waals surface area (Å²) in [4.78, 5) is 0. The molecular formula is H12Cu4O10S. The average Bonchev–Trinajstić information content (AvgIpc) is 0.722. The van der Waals surface area contributed by atoms with Crippen molar-refractivity contribution in [3.05, 3.63) is 0 Å². The molecule has 0 spiro atoms. The summed E-state index contributed by atoms with van der Waals surface area (Å²) < 4.78 is 34.1. The molecule has 0 aromatic carbocycles. The van der Waals surface area contributed by atoms with Gasteiger partial charge < -0.3 is 42.0 Å². The van der Waals surface area contributed by atoms with E-state index in [0.717, 1.165) is 0 Å². The van der Waals surface area contributed by atoms with Crippen LogP contribution in [-0.4, -0.2) is 50.4 Å². The number of hydrogen-bond donors (Lipinski definition) is 0. The molecule has 15 heavy (non-hydrogen) atoms. The van der Waals surface area contributed by atoms with Crippen LogP contribution in [0, 0.1) is 0 Å². The third-order valence-corrected chi connectivity index (χ3v) is 0. The van der Waals surface area contributed by atoms with E-state index in [1.165, 1.54) is 0 Å². The van der Waals surface area contributed by atoms with Crippen LogP contribution in [0.15, 0.2) is 0 Å². The first-order valence-corrected chi connectivity index (χ1v) is 2.00. The van der Waals surface area contributed by atoms with Gasteiger partial charge in [0.2, 0.25) is 0 Å². The molecule has 0 rings (SSSR count). The molecule has 0 bridgehead atoms. The van der Waals surface area contributed by atoms with E-state index in [0.29, 0.717) is 0 Å². The monoisotopic (exact) mass is 456 g/mol. The van der Waals surface area contributed by atoms with Gasteiger partial charge in [0.25, 0.3) is 0 Å². The maximum absolute atomic E-state index is 8.52. The van der Waals surface area contributed by atoms with Crippen molar-refractivity contribution < 1.29 is 119 Å². The van der Waals surface area contributed by atoms with E-state index in [1.807, 2.05) is 0 Å². The van der Waals surface area contributed by atoms with Crippen LogP contribution >= 0.6 is 0 Å². The molecule has 0 heterocycles. The molecule has 0 atom stereocenters. The number of hydrogen-bond acceptors (Lipinski definition) is 4. The van der Waals surface area contributed by atoms with Gasteiger partial charge >= 0.3 is 17.1 Å². The minimum absolute atomic E-state index is 0. The molecule has 0 saturated carbocycles. The van der Waals surface area contributed by atoms with Gasteiger partial charge in [0.1, 0.15) is 0 Å². The molecule has 0 fully saturated rings. The fraction of sp³-hybridized carbons (Fsp3) is 0. The maximum Gasteiger partial charge on any atom is 2.00 e. The Labute approximate surface area is 128 Å². The Morgan fingerprint density at radius 2 is 0.600 bits per heavy atom. The molecule has 0 aromatic heterocycles. The van der Waals surface area contributed by atoms with Gasteiger partial charge in [-0.15, -0.1) is 0 Å². The number of rotatable bonds is 0. The summed E-state index contributed by atoms with van der Waals surface area (Å²) in [6.45, 7) is 0. The van der Waals surface area contributed by atoms with Crippen LogP contribution in [0.4, 0.5) is 0 Å². The van der Waals surface area contributed by atoms with Crippen molar-refractivity contribution in [1.29, 1.82) is 0 Å². The Morgan fingerprint density at radius 1 is 0.600 bits per heavy atom. The Balaban J connectivity index is -0.00000000178. The van der Waals surface area contributed by atoms with Crippen molar-refractivity contribution in [2.24, 2.45) is 0 Å². The minimum Gasteiger partial charge on any atom is -0.759 e. The zero-order chi connectivity index (χ0) is 4.50. The predicted octanol–water partition coefficient (Wildman–Crippen LogP) is -6.30. The van der Waals surface area contributed by atoms with Gasteiger partial charge in [0.15, 0.2) is 0 Å². The van der Waals surface area contributed by atoms with Crippen LogP contribution in [0.2, 0.25) is 0 Å². The topological polar surface area (TPSA) is 269 Å². The van der Waals surface area contributed by atoms with Gasteiger partial charge in [-0.1, -0.05) is 0 Å². The largest absolute Gasteiger partial charge is 2.00 e.